The summed E-state index contributed by atoms with van der Waals surface area (Å²) in [5.74, 6) is 0.782. The minimum absolute atomic E-state index is 0.0199. The SMILES string of the molecule is C[C@H](c1ccccc1)N1COc2ccc3c(=O)c(-c4ccccc4)coc3c2C1. The first kappa shape index (κ1) is 17.7. The van der Waals surface area contributed by atoms with E-state index in [1.165, 1.54) is 5.56 Å². The first-order valence-electron chi connectivity index (χ1n) is 9.77. The number of hydrogen-bond acceptors (Lipinski definition) is 4. The molecule has 0 amide bonds. The maximum Gasteiger partial charge on any atom is 0.200 e. The van der Waals surface area contributed by atoms with Gasteiger partial charge >= 0.3 is 0 Å². The van der Waals surface area contributed by atoms with Gasteiger partial charge in [-0.25, -0.2) is 0 Å². The third kappa shape index (κ3) is 3.12. The molecule has 144 valence electrons. The van der Waals surface area contributed by atoms with Crippen LogP contribution in [0.3, 0.4) is 0 Å². The highest BCUT2D eigenvalue weighted by Crippen LogP contribution is 2.35. The average molecular weight is 383 g/mol. The molecule has 0 N–H and O–H groups in total. The van der Waals surface area contributed by atoms with Crippen molar-refractivity contribution in [3.8, 4) is 16.9 Å². The summed E-state index contributed by atoms with van der Waals surface area (Å²) in [6.07, 6.45) is 1.57. The van der Waals surface area contributed by atoms with Crippen molar-refractivity contribution in [1.82, 2.24) is 4.90 Å². The fourth-order valence-electron chi connectivity index (χ4n) is 3.93. The third-order valence-electron chi connectivity index (χ3n) is 5.66. The van der Waals surface area contributed by atoms with E-state index in [0.717, 1.165) is 16.9 Å². The topological polar surface area (TPSA) is 42.7 Å². The Morgan fingerprint density at radius 1 is 0.931 bits per heavy atom. The van der Waals surface area contributed by atoms with Crippen LogP contribution < -0.4 is 10.2 Å². The van der Waals surface area contributed by atoms with Crippen molar-refractivity contribution in [2.24, 2.45) is 0 Å². The standard InChI is InChI=1S/C25H21NO3/c1-17(18-8-4-2-5-9-18)26-14-21-23(29-16-26)13-12-20-24(27)22(15-28-25(20)21)19-10-6-3-7-11-19/h2-13,15,17H,14,16H2,1H3/t17-/m1/s1. The van der Waals surface area contributed by atoms with Crippen LogP contribution in [0.4, 0.5) is 0 Å². The van der Waals surface area contributed by atoms with Gasteiger partial charge in [-0.1, -0.05) is 60.7 Å². The van der Waals surface area contributed by atoms with E-state index in [4.69, 9.17) is 9.15 Å². The number of ether oxygens (including phenoxy) is 1. The van der Waals surface area contributed by atoms with Gasteiger partial charge in [-0.3, -0.25) is 9.69 Å². The van der Waals surface area contributed by atoms with Gasteiger partial charge in [0, 0.05) is 12.6 Å². The number of benzene rings is 3. The number of nitrogens with zero attached hydrogens (tertiary/aromatic N) is 1. The van der Waals surface area contributed by atoms with Gasteiger partial charge in [0.05, 0.1) is 16.5 Å². The second-order valence-corrected chi connectivity index (χ2v) is 7.37. The third-order valence-corrected chi connectivity index (χ3v) is 5.66. The molecule has 0 unspecified atom stereocenters. The van der Waals surface area contributed by atoms with Crippen molar-refractivity contribution in [2.45, 2.75) is 19.5 Å². The lowest BCUT2D eigenvalue weighted by molar-refractivity contribution is 0.0620. The van der Waals surface area contributed by atoms with Gasteiger partial charge < -0.3 is 9.15 Å². The van der Waals surface area contributed by atoms with Crippen molar-refractivity contribution in [1.29, 1.82) is 0 Å². The van der Waals surface area contributed by atoms with Gasteiger partial charge in [0.2, 0.25) is 5.43 Å². The summed E-state index contributed by atoms with van der Waals surface area (Å²) in [6.45, 7) is 3.33. The summed E-state index contributed by atoms with van der Waals surface area (Å²) in [4.78, 5) is 15.4. The molecule has 0 saturated heterocycles. The Labute approximate surface area is 169 Å². The van der Waals surface area contributed by atoms with Crippen molar-refractivity contribution < 1.29 is 9.15 Å². The van der Waals surface area contributed by atoms with E-state index in [1.807, 2.05) is 60.7 Å². The molecule has 0 bridgehead atoms. The molecule has 1 atom stereocenters. The van der Waals surface area contributed by atoms with Crippen LogP contribution in [0.5, 0.6) is 5.75 Å². The Kier molecular flexibility index (Phi) is 4.41. The highest BCUT2D eigenvalue weighted by Gasteiger charge is 2.26. The second-order valence-electron chi connectivity index (χ2n) is 7.37. The zero-order valence-corrected chi connectivity index (χ0v) is 16.2. The molecule has 1 aliphatic heterocycles. The van der Waals surface area contributed by atoms with E-state index in [2.05, 4.69) is 24.0 Å². The highest BCUT2D eigenvalue weighted by molar-refractivity contribution is 5.85. The average Bonchev–Trinajstić information content (AvgIpc) is 2.79. The molecule has 4 nitrogen and oxygen atoms in total. The van der Waals surface area contributed by atoms with Crippen molar-refractivity contribution in [3.63, 3.8) is 0 Å². The van der Waals surface area contributed by atoms with E-state index in [9.17, 15) is 4.79 Å². The number of fused-ring (bicyclic) bond motifs is 3. The minimum atomic E-state index is -0.0199. The summed E-state index contributed by atoms with van der Waals surface area (Å²) >= 11 is 0. The molecule has 0 aliphatic carbocycles. The Bertz CT molecular complexity index is 1220. The van der Waals surface area contributed by atoms with Crippen molar-refractivity contribution in [3.05, 3.63) is 100 Å². The molecule has 5 rings (SSSR count). The van der Waals surface area contributed by atoms with Gasteiger partial charge in [0.25, 0.3) is 0 Å². The molecule has 0 spiro atoms. The summed E-state index contributed by atoms with van der Waals surface area (Å²) in [5, 5.41) is 0.586. The summed E-state index contributed by atoms with van der Waals surface area (Å²) in [5.41, 5.74) is 4.17. The fraction of sp³-hybridized carbons (Fsp3) is 0.160. The van der Waals surface area contributed by atoms with Crippen molar-refractivity contribution >= 4 is 11.0 Å². The van der Waals surface area contributed by atoms with Crippen LogP contribution >= 0.6 is 0 Å². The Morgan fingerprint density at radius 2 is 1.66 bits per heavy atom. The molecular formula is C25H21NO3. The molecule has 0 radical (unpaired) electrons. The lowest BCUT2D eigenvalue weighted by atomic mass is 10.0. The lowest BCUT2D eigenvalue weighted by Gasteiger charge is -2.34. The van der Waals surface area contributed by atoms with E-state index in [0.29, 0.717) is 29.8 Å². The quantitative estimate of drug-likeness (QED) is 0.477. The predicted molar refractivity (Wildman–Crippen MR) is 114 cm³/mol. The summed E-state index contributed by atoms with van der Waals surface area (Å²) in [6, 6.07) is 23.8. The lowest BCUT2D eigenvalue weighted by Crippen LogP contribution is -2.34. The van der Waals surface area contributed by atoms with Gasteiger partial charge in [-0.15, -0.1) is 0 Å². The van der Waals surface area contributed by atoms with Gasteiger partial charge in [-0.05, 0) is 30.2 Å². The van der Waals surface area contributed by atoms with Crippen LogP contribution in [0.2, 0.25) is 0 Å². The van der Waals surface area contributed by atoms with Crippen LogP contribution in [0.15, 0.2) is 88.3 Å². The molecule has 3 aromatic carbocycles. The van der Waals surface area contributed by atoms with Crippen molar-refractivity contribution in [2.75, 3.05) is 6.73 Å². The zero-order chi connectivity index (χ0) is 19.8. The maximum atomic E-state index is 13.1. The second kappa shape index (κ2) is 7.22. The smallest absolute Gasteiger partial charge is 0.200 e. The molecule has 29 heavy (non-hydrogen) atoms. The largest absolute Gasteiger partial charge is 0.478 e. The fourth-order valence-corrected chi connectivity index (χ4v) is 3.93. The van der Waals surface area contributed by atoms with Crippen LogP contribution in [0, 0.1) is 0 Å². The van der Waals surface area contributed by atoms with Gasteiger partial charge in [0.15, 0.2) is 0 Å². The number of hydrogen-bond donors (Lipinski definition) is 0. The van der Waals surface area contributed by atoms with E-state index in [1.54, 1.807) is 6.26 Å². The van der Waals surface area contributed by atoms with Crippen LogP contribution in [0.1, 0.15) is 24.1 Å². The molecule has 1 aromatic heterocycles. The molecular weight excluding hydrogens is 362 g/mol. The number of rotatable bonds is 3. The summed E-state index contributed by atoms with van der Waals surface area (Å²) in [7, 11) is 0. The molecule has 4 aromatic rings. The zero-order valence-electron chi connectivity index (χ0n) is 16.2. The molecule has 2 heterocycles. The minimum Gasteiger partial charge on any atom is -0.478 e. The normalized spacial score (nSPS) is 14.9. The predicted octanol–water partition coefficient (Wildman–Crippen LogP) is 5.37. The summed E-state index contributed by atoms with van der Waals surface area (Å²) < 4.78 is 12.0. The van der Waals surface area contributed by atoms with Crippen LogP contribution in [-0.2, 0) is 6.54 Å². The van der Waals surface area contributed by atoms with E-state index in [-0.39, 0.29) is 11.5 Å². The molecule has 1 aliphatic rings. The van der Waals surface area contributed by atoms with Crippen LogP contribution in [0.25, 0.3) is 22.1 Å². The van der Waals surface area contributed by atoms with E-state index < -0.39 is 0 Å². The first-order chi connectivity index (χ1) is 14.2. The van der Waals surface area contributed by atoms with Gasteiger partial charge in [0.1, 0.15) is 24.3 Å². The highest BCUT2D eigenvalue weighted by atomic mass is 16.5. The first-order valence-corrected chi connectivity index (χ1v) is 9.77. The Hall–Kier alpha value is -3.37. The van der Waals surface area contributed by atoms with Crippen LogP contribution in [-0.4, -0.2) is 11.6 Å². The molecule has 0 fully saturated rings. The van der Waals surface area contributed by atoms with E-state index >= 15 is 0 Å². The molecule has 4 heteroatoms. The maximum absolute atomic E-state index is 13.1. The monoisotopic (exact) mass is 383 g/mol. The Balaban J connectivity index is 1.56. The molecule has 0 saturated carbocycles. The van der Waals surface area contributed by atoms with Gasteiger partial charge in [-0.2, -0.15) is 0 Å². The Morgan fingerprint density at radius 3 is 2.41 bits per heavy atom.